The van der Waals surface area contributed by atoms with Crippen LogP contribution in [0.25, 0.3) is 0 Å². The van der Waals surface area contributed by atoms with Crippen molar-refractivity contribution < 1.29 is 9.21 Å². The second kappa shape index (κ2) is 4.75. The van der Waals surface area contributed by atoms with Crippen molar-refractivity contribution in [3.05, 3.63) is 41.0 Å². The van der Waals surface area contributed by atoms with Crippen LogP contribution < -0.4 is 4.90 Å². The molecule has 104 valence electrons. The van der Waals surface area contributed by atoms with E-state index in [0.717, 1.165) is 31.9 Å². The van der Waals surface area contributed by atoms with Gasteiger partial charge in [0.05, 0.1) is 17.9 Å². The molecule has 2 aromatic heterocycles. The number of hydrogen-bond donors (Lipinski definition) is 0. The Morgan fingerprint density at radius 1 is 1.30 bits per heavy atom. The van der Waals surface area contributed by atoms with E-state index in [1.807, 2.05) is 11.0 Å². The first-order valence-corrected chi connectivity index (χ1v) is 7.82. The molecule has 4 heterocycles. The lowest BCUT2D eigenvalue weighted by Gasteiger charge is -2.20. The highest BCUT2D eigenvalue weighted by atomic mass is 32.1. The molecule has 0 bridgehead atoms. The smallest absolute Gasteiger partial charge is 0.231 e. The molecule has 0 aromatic carbocycles. The lowest BCUT2D eigenvalue weighted by Crippen LogP contribution is -2.32. The molecule has 0 N–H and O–H groups in total. The fraction of sp³-hybridized carbons (Fsp3) is 0.400. The summed E-state index contributed by atoms with van der Waals surface area (Å²) < 4.78 is 5.09. The van der Waals surface area contributed by atoms with E-state index in [2.05, 4.69) is 21.7 Å². The number of nitrogens with zero attached hydrogens (tertiary/aromatic N) is 2. The Labute approximate surface area is 121 Å². The summed E-state index contributed by atoms with van der Waals surface area (Å²) in [6.07, 6.45) is 3.28. The molecular formula is C15H16N2O2S. The number of amides is 1. The average molecular weight is 288 g/mol. The Balaban J connectivity index is 1.45. The van der Waals surface area contributed by atoms with Crippen LogP contribution in [0, 0.1) is 11.8 Å². The Kier molecular flexibility index (Phi) is 2.89. The molecule has 2 saturated heterocycles. The molecule has 2 fully saturated rings. The monoisotopic (exact) mass is 288 g/mol. The third kappa shape index (κ3) is 1.98. The van der Waals surface area contributed by atoms with Crippen LogP contribution in [0.3, 0.4) is 0 Å². The molecule has 2 atom stereocenters. The van der Waals surface area contributed by atoms with Crippen LogP contribution in [-0.2, 0) is 11.3 Å². The van der Waals surface area contributed by atoms with E-state index in [9.17, 15) is 4.79 Å². The second-order valence-electron chi connectivity index (χ2n) is 5.62. The minimum absolute atomic E-state index is 0.156. The zero-order chi connectivity index (χ0) is 13.5. The molecule has 0 radical (unpaired) electrons. The lowest BCUT2D eigenvalue weighted by molar-refractivity contribution is -0.120. The molecule has 5 heteroatoms. The van der Waals surface area contributed by atoms with Gasteiger partial charge in [0.15, 0.2) is 0 Å². The number of carbonyl (C=O) groups is 1. The van der Waals surface area contributed by atoms with Crippen LogP contribution in [0.2, 0.25) is 0 Å². The maximum Gasteiger partial charge on any atom is 0.231 e. The topological polar surface area (TPSA) is 36.7 Å². The van der Waals surface area contributed by atoms with Crippen molar-refractivity contribution in [2.24, 2.45) is 11.8 Å². The lowest BCUT2D eigenvalue weighted by atomic mass is 10.0. The Morgan fingerprint density at radius 2 is 2.25 bits per heavy atom. The van der Waals surface area contributed by atoms with E-state index in [0.29, 0.717) is 5.92 Å². The normalized spacial score (nSPS) is 26.4. The molecule has 0 aliphatic carbocycles. The van der Waals surface area contributed by atoms with Gasteiger partial charge in [-0.2, -0.15) is 11.3 Å². The Morgan fingerprint density at radius 3 is 2.95 bits per heavy atom. The number of carbonyl (C=O) groups excluding carboxylic acids is 1. The second-order valence-corrected chi connectivity index (χ2v) is 6.40. The zero-order valence-electron chi connectivity index (χ0n) is 11.1. The SMILES string of the molecule is O=C1[C@@H]2CN(Cc3ccsc3)C[C@@H]2CN1c1ccoc1. The van der Waals surface area contributed by atoms with Gasteiger partial charge in [0.25, 0.3) is 0 Å². The summed E-state index contributed by atoms with van der Waals surface area (Å²) in [6, 6.07) is 4.03. The third-order valence-electron chi connectivity index (χ3n) is 4.32. The highest BCUT2D eigenvalue weighted by molar-refractivity contribution is 7.07. The van der Waals surface area contributed by atoms with Crippen molar-refractivity contribution >= 4 is 22.9 Å². The summed E-state index contributed by atoms with van der Waals surface area (Å²) in [4.78, 5) is 16.8. The fourth-order valence-electron chi connectivity index (χ4n) is 3.36. The van der Waals surface area contributed by atoms with Gasteiger partial charge >= 0.3 is 0 Å². The third-order valence-corrected chi connectivity index (χ3v) is 5.05. The Bertz CT molecular complexity index is 593. The van der Waals surface area contributed by atoms with Crippen molar-refractivity contribution in [2.45, 2.75) is 6.54 Å². The summed E-state index contributed by atoms with van der Waals surface area (Å²) in [5, 5.41) is 4.30. The molecule has 0 unspecified atom stereocenters. The summed E-state index contributed by atoms with van der Waals surface area (Å²) >= 11 is 1.73. The van der Waals surface area contributed by atoms with E-state index >= 15 is 0 Å². The number of furan rings is 1. The molecule has 20 heavy (non-hydrogen) atoms. The first-order valence-electron chi connectivity index (χ1n) is 6.88. The van der Waals surface area contributed by atoms with Gasteiger partial charge < -0.3 is 9.32 Å². The van der Waals surface area contributed by atoms with Gasteiger partial charge in [0, 0.05) is 38.2 Å². The van der Waals surface area contributed by atoms with Gasteiger partial charge in [-0.3, -0.25) is 9.69 Å². The van der Waals surface area contributed by atoms with Crippen LogP contribution in [0.1, 0.15) is 5.56 Å². The van der Waals surface area contributed by atoms with Gasteiger partial charge in [0.2, 0.25) is 5.91 Å². The number of hydrogen-bond acceptors (Lipinski definition) is 4. The molecule has 4 rings (SSSR count). The predicted octanol–water partition coefficient (Wildman–Crippen LogP) is 2.44. The van der Waals surface area contributed by atoms with Crippen molar-refractivity contribution in [3.63, 3.8) is 0 Å². The van der Waals surface area contributed by atoms with E-state index < -0.39 is 0 Å². The molecule has 2 aromatic rings. The highest BCUT2D eigenvalue weighted by Crippen LogP contribution is 2.35. The zero-order valence-corrected chi connectivity index (χ0v) is 11.9. The average Bonchev–Trinajstić information content (AvgIpc) is 3.17. The van der Waals surface area contributed by atoms with Gasteiger partial charge in [-0.15, -0.1) is 0 Å². The molecule has 1 amide bonds. The maximum atomic E-state index is 12.5. The maximum absolute atomic E-state index is 12.5. The van der Waals surface area contributed by atoms with E-state index in [1.54, 1.807) is 23.9 Å². The van der Waals surface area contributed by atoms with Gasteiger partial charge in [-0.05, 0) is 22.4 Å². The number of rotatable bonds is 3. The largest absolute Gasteiger partial charge is 0.470 e. The standard InChI is InChI=1S/C15H16N2O2S/c18-15-14-8-16(5-11-2-4-20-10-11)6-12(14)7-17(15)13-1-3-19-9-13/h1-4,9-10,12,14H,5-8H2/t12-,14-/m1/s1. The highest BCUT2D eigenvalue weighted by Gasteiger charge is 2.46. The molecule has 0 spiro atoms. The Hall–Kier alpha value is -1.59. The molecule has 2 aliphatic heterocycles. The van der Waals surface area contributed by atoms with Crippen LogP contribution in [0.15, 0.2) is 39.8 Å². The van der Waals surface area contributed by atoms with Gasteiger partial charge in [0.1, 0.15) is 6.26 Å². The van der Waals surface area contributed by atoms with Crippen molar-refractivity contribution in [1.82, 2.24) is 4.90 Å². The van der Waals surface area contributed by atoms with Crippen molar-refractivity contribution in [2.75, 3.05) is 24.5 Å². The van der Waals surface area contributed by atoms with E-state index in [4.69, 9.17) is 4.42 Å². The fourth-order valence-corrected chi connectivity index (χ4v) is 4.02. The summed E-state index contributed by atoms with van der Waals surface area (Å²) in [5.74, 6) is 0.865. The van der Waals surface area contributed by atoms with Gasteiger partial charge in [-0.1, -0.05) is 0 Å². The quantitative estimate of drug-likeness (QED) is 0.870. The van der Waals surface area contributed by atoms with E-state index in [-0.39, 0.29) is 11.8 Å². The number of fused-ring (bicyclic) bond motifs is 1. The van der Waals surface area contributed by atoms with Crippen LogP contribution in [-0.4, -0.2) is 30.4 Å². The first kappa shape index (κ1) is 12.2. The molecule has 0 saturated carbocycles. The number of thiophene rings is 1. The van der Waals surface area contributed by atoms with Crippen LogP contribution in [0.4, 0.5) is 5.69 Å². The van der Waals surface area contributed by atoms with Crippen LogP contribution in [0.5, 0.6) is 0 Å². The molecular weight excluding hydrogens is 272 g/mol. The first-order chi connectivity index (χ1) is 9.81. The van der Waals surface area contributed by atoms with Crippen LogP contribution >= 0.6 is 11.3 Å². The number of anilines is 1. The summed E-state index contributed by atoms with van der Waals surface area (Å²) in [6.45, 7) is 3.69. The number of likely N-dealkylation sites (tertiary alicyclic amines) is 1. The van der Waals surface area contributed by atoms with Crippen molar-refractivity contribution in [3.8, 4) is 0 Å². The predicted molar refractivity (Wildman–Crippen MR) is 77.6 cm³/mol. The minimum Gasteiger partial charge on any atom is -0.470 e. The van der Waals surface area contributed by atoms with Gasteiger partial charge in [-0.25, -0.2) is 0 Å². The van der Waals surface area contributed by atoms with Crippen molar-refractivity contribution in [1.29, 1.82) is 0 Å². The van der Waals surface area contributed by atoms with E-state index in [1.165, 1.54) is 5.56 Å². The summed E-state index contributed by atoms with van der Waals surface area (Å²) in [7, 11) is 0. The summed E-state index contributed by atoms with van der Waals surface area (Å²) in [5.41, 5.74) is 2.25. The molecule has 2 aliphatic rings. The minimum atomic E-state index is 0.156. The molecule has 4 nitrogen and oxygen atoms in total.